The summed E-state index contributed by atoms with van der Waals surface area (Å²) in [5.41, 5.74) is 1.16. The second-order valence-electron chi connectivity index (χ2n) is 5.61. The van der Waals surface area contributed by atoms with Gasteiger partial charge < -0.3 is 15.4 Å². The lowest BCUT2D eigenvalue weighted by Gasteiger charge is -2.11. The number of nitrogens with one attached hydrogen (secondary N) is 2. The van der Waals surface area contributed by atoms with Crippen LogP contribution in [0.4, 0.5) is 20.9 Å². The highest BCUT2D eigenvalue weighted by Crippen LogP contribution is 2.32. The van der Waals surface area contributed by atoms with Gasteiger partial charge in [-0.25, -0.2) is 4.39 Å². The van der Waals surface area contributed by atoms with Crippen LogP contribution in [0.1, 0.15) is 6.92 Å². The molecule has 1 amide bonds. The lowest BCUT2D eigenvalue weighted by molar-refractivity contribution is -0.115. The molecule has 0 saturated heterocycles. The molecule has 0 saturated carbocycles. The number of methoxy groups -OCH3 is 1. The maximum Gasteiger partial charge on any atom is 0.237 e. The molecule has 1 heterocycles. The van der Waals surface area contributed by atoms with E-state index in [4.69, 9.17) is 16.3 Å². The predicted molar refractivity (Wildman–Crippen MR) is 112 cm³/mol. The van der Waals surface area contributed by atoms with Gasteiger partial charge in [0.05, 0.1) is 17.4 Å². The SMILES string of the molecule is COc1ccc(NC(=O)C(C)Sc2nnc(Nc3cccc(F)c3)s2)cc1Cl. The average molecular weight is 439 g/mol. The number of aromatic nitrogens is 2. The fourth-order valence-electron chi connectivity index (χ4n) is 2.19. The zero-order chi connectivity index (χ0) is 20.1. The molecule has 1 unspecified atom stereocenters. The number of amides is 1. The van der Waals surface area contributed by atoms with Crippen molar-refractivity contribution in [2.75, 3.05) is 17.7 Å². The van der Waals surface area contributed by atoms with E-state index in [1.54, 1.807) is 37.3 Å². The molecule has 146 valence electrons. The summed E-state index contributed by atoms with van der Waals surface area (Å²) in [7, 11) is 1.53. The van der Waals surface area contributed by atoms with Gasteiger partial charge in [-0.3, -0.25) is 4.79 Å². The summed E-state index contributed by atoms with van der Waals surface area (Å²) < 4.78 is 19.0. The number of carbonyl (C=O) groups is 1. The molecule has 0 aliphatic carbocycles. The number of nitrogens with zero attached hydrogens (tertiary/aromatic N) is 2. The minimum absolute atomic E-state index is 0.193. The summed E-state index contributed by atoms with van der Waals surface area (Å²) in [6, 6.07) is 11.1. The maximum absolute atomic E-state index is 13.2. The monoisotopic (exact) mass is 438 g/mol. The van der Waals surface area contributed by atoms with Crippen LogP contribution in [0.25, 0.3) is 0 Å². The first-order chi connectivity index (χ1) is 13.4. The molecule has 6 nitrogen and oxygen atoms in total. The number of benzene rings is 2. The van der Waals surface area contributed by atoms with E-state index in [9.17, 15) is 9.18 Å². The van der Waals surface area contributed by atoms with Crippen molar-refractivity contribution in [2.24, 2.45) is 0 Å². The van der Waals surface area contributed by atoms with E-state index in [-0.39, 0.29) is 11.7 Å². The van der Waals surface area contributed by atoms with Crippen molar-refractivity contribution in [1.29, 1.82) is 0 Å². The van der Waals surface area contributed by atoms with Crippen LogP contribution in [0.2, 0.25) is 5.02 Å². The van der Waals surface area contributed by atoms with Crippen LogP contribution < -0.4 is 15.4 Å². The summed E-state index contributed by atoms with van der Waals surface area (Å²) >= 11 is 8.63. The van der Waals surface area contributed by atoms with E-state index in [0.717, 1.165) is 0 Å². The number of rotatable bonds is 7. The van der Waals surface area contributed by atoms with E-state index in [2.05, 4.69) is 20.8 Å². The Balaban J connectivity index is 1.58. The van der Waals surface area contributed by atoms with Crippen molar-refractivity contribution in [2.45, 2.75) is 16.5 Å². The molecule has 1 aromatic heterocycles. The van der Waals surface area contributed by atoms with Crippen molar-refractivity contribution in [3.63, 3.8) is 0 Å². The van der Waals surface area contributed by atoms with Crippen LogP contribution in [0.5, 0.6) is 5.75 Å². The lowest BCUT2D eigenvalue weighted by atomic mass is 10.3. The molecule has 0 radical (unpaired) electrons. The molecule has 3 aromatic rings. The van der Waals surface area contributed by atoms with Gasteiger partial charge >= 0.3 is 0 Å². The van der Waals surface area contributed by atoms with Crippen LogP contribution in [0.15, 0.2) is 46.8 Å². The quantitative estimate of drug-likeness (QED) is 0.493. The minimum Gasteiger partial charge on any atom is -0.495 e. The zero-order valence-electron chi connectivity index (χ0n) is 14.9. The van der Waals surface area contributed by atoms with Crippen molar-refractivity contribution in [3.05, 3.63) is 53.3 Å². The molecule has 10 heteroatoms. The fourth-order valence-corrected chi connectivity index (χ4v) is 4.36. The second-order valence-corrected chi connectivity index (χ2v) is 8.58. The third-order valence-corrected chi connectivity index (χ3v) is 5.87. The Morgan fingerprint density at radius 2 is 2.07 bits per heavy atom. The predicted octanol–water partition coefficient (Wildman–Crippen LogP) is 5.20. The number of anilines is 3. The van der Waals surface area contributed by atoms with Crippen molar-refractivity contribution in [3.8, 4) is 5.75 Å². The van der Waals surface area contributed by atoms with Gasteiger partial charge in [0.2, 0.25) is 11.0 Å². The molecule has 0 spiro atoms. The van der Waals surface area contributed by atoms with Crippen molar-refractivity contribution < 1.29 is 13.9 Å². The van der Waals surface area contributed by atoms with E-state index in [1.807, 2.05) is 0 Å². The second kappa shape index (κ2) is 9.22. The molecule has 0 bridgehead atoms. The normalized spacial score (nSPS) is 11.7. The Kier molecular flexibility index (Phi) is 6.71. The molecule has 0 aliphatic rings. The summed E-state index contributed by atoms with van der Waals surface area (Å²) in [5, 5.41) is 14.4. The Bertz CT molecular complexity index is 986. The van der Waals surface area contributed by atoms with E-state index >= 15 is 0 Å². The number of halogens is 2. The van der Waals surface area contributed by atoms with Gasteiger partial charge in [-0.15, -0.1) is 10.2 Å². The highest BCUT2D eigenvalue weighted by Gasteiger charge is 2.18. The standard InChI is InChI=1S/C18H16ClFN4O2S2/c1-10(16(25)21-13-6-7-15(26-2)14(19)9-13)27-18-24-23-17(28-18)22-12-5-3-4-11(20)8-12/h3-10H,1-2H3,(H,21,25)(H,22,23). The first kappa shape index (κ1) is 20.4. The topological polar surface area (TPSA) is 76.1 Å². The Labute approximate surface area is 174 Å². The number of hydrogen-bond acceptors (Lipinski definition) is 7. The van der Waals surface area contributed by atoms with Crippen LogP contribution in [0.3, 0.4) is 0 Å². The average Bonchev–Trinajstić information content (AvgIpc) is 3.08. The van der Waals surface area contributed by atoms with E-state index in [1.165, 1.54) is 42.3 Å². The fraction of sp³-hybridized carbons (Fsp3) is 0.167. The first-order valence-electron chi connectivity index (χ1n) is 8.12. The van der Waals surface area contributed by atoms with Crippen LogP contribution >= 0.6 is 34.7 Å². The molecule has 2 N–H and O–H groups in total. The minimum atomic E-state index is -0.407. The lowest BCUT2D eigenvalue weighted by Crippen LogP contribution is -2.22. The Morgan fingerprint density at radius 3 is 2.79 bits per heavy atom. The van der Waals surface area contributed by atoms with Gasteiger partial charge in [0.25, 0.3) is 0 Å². The molecular formula is C18H16ClFN4O2S2. The molecule has 0 aliphatic heterocycles. The van der Waals surface area contributed by atoms with Crippen molar-refractivity contribution in [1.82, 2.24) is 10.2 Å². The summed E-state index contributed by atoms with van der Waals surface area (Å²) in [6.07, 6.45) is 0. The maximum atomic E-state index is 13.2. The van der Waals surface area contributed by atoms with Gasteiger partial charge in [0.15, 0.2) is 4.34 Å². The van der Waals surface area contributed by atoms with Gasteiger partial charge in [-0.2, -0.15) is 0 Å². The summed E-state index contributed by atoms with van der Waals surface area (Å²) in [6.45, 7) is 1.77. The molecule has 0 fully saturated rings. The summed E-state index contributed by atoms with van der Waals surface area (Å²) in [5.74, 6) is 0.00314. The molecule has 1 atom stereocenters. The highest BCUT2D eigenvalue weighted by atomic mass is 35.5. The zero-order valence-corrected chi connectivity index (χ0v) is 17.3. The largest absolute Gasteiger partial charge is 0.495 e. The number of carbonyl (C=O) groups excluding carboxylic acids is 1. The van der Waals surface area contributed by atoms with Crippen molar-refractivity contribution >= 4 is 57.1 Å². The molecule has 3 rings (SSSR count). The van der Waals surface area contributed by atoms with Gasteiger partial charge in [0, 0.05) is 11.4 Å². The smallest absolute Gasteiger partial charge is 0.237 e. The summed E-state index contributed by atoms with van der Waals surface area (Å²) in [4.78, 5) is 12.4. The third kappa shape index (κ3) is 5.34. The molecular weight excluding hydrogens is 423 g/mol. The number of thioether (sulfide) groups is 1. The van der Waals surface area contributed by atoms with Crippen LogP contribution in [-0.4, -0.2) is 28.5 Å². The number of hydrogen-bond donors (Lipinski definition) is 2. The van der Waals surface area contributed by atoms with Crippen LogP contribution in [-0.2, 0) is 4.79 Å². The molecule has 2 aromatic carbocycles. The van der Waals surface area contributed by atoms with E-state index < -0.39 is 5.25 Å². The Morgan fingerprint density at radius 1 is 1.25 bits per heavy atom. The Hall–Kier alpha value is -2.36. The van der Waals surface area contributed by atoms with E-state index in [0.29, 0.717) is 31.6 Å². The highest BCUT2D eigenvalue weighted by molar-refractivity contribution is 8.02. The van der Waals surface area contributed by atoms with Crippen LogP contribution in [0, 0.1) is 5.82 Å². The molecule has 28 heavy (non-hydrogen) atoms. The van der Waals surface area contributed by atoms with Gasteiger partial charge in [0.1, 0.15) is 11.6 Å². The van der Waals surface area contributed by atoms with Gasteiger partial charge in [-0.05, 0) is 43.3 Å². The first-order valence-corrected chi connectivity index (χ1v) is 10.2. The third-order valence-electron chi connectivity index (χ3n) is 3.55. The number of ether oxygens (including phenoxy) is 1. The van der Waals surface area contributed by atoms with Gasteiger partial charge in [-0.1, -0.05) is 40.8 Å².